The van der Waals surface area contributed by atoms with E-state index in [-0.39, 0.29) is 35.7 Å². The fraction of sp³-hybridized carbons (Fsp3) is 0.474. The summed E-state index contributed by atoms with van der Waals surface area (Å²) < 4.78 is 1.68. The minimum atomic E-state index is -0.0791. The number of likely N-dealkylation sites (tertiary alicyclic amines) is 1. The molecule has 2 atom stereocenters. The monoisotopic (exact) mass is 362 g/mol. The zero-order valence-electron chi connectivity index (χ0n) is 15.3. The quantitative estimate of drug-likeness (QED) is 0.893. The van der Waals surface area contributed by atoms with Gasteiger partial charge in [0, 0.05) is 37.5 Å². The molecule has 1 aromatic carbocycles. The van der Waals surface area contributed by atoms with Gasteiger partial charge in [-0.15, -0.1) is 12.4 Å². The molecule has 136 valence electrons. The minimum absolute atomic E-state index is 0. The first-order chi connectivity index (χ1) is 11.3. The molecule has 5 nitrogen and oxygen atoms in total. The summed E-state index contributed by atoms with van der Waals surface area (Å²) in [6.07, 6.45) is 0. The van der Waals surface area contributed by atoms with E-state index in [0.717, 1.165) is 5.69 Å². The van der Waals surface area contributed by atoms with Crippen molar-refractivity contribution in [2.24, 2.45) is 12.8 Å². The summed E-state index contributed by atoms with van der Waals surface area (Å²) in [5, 5.41) is 4.51. The third kappa shape index (κ3) is 3.88. The molecule has 2 aromatic rings. The smallest absolute Gasteiger partial charge is 0.272 e. The molecule has 0 radical (unpaired) electrons. The Kier molecular flexibility index (Phi) is 5.59. The highest BCUT2D eigenvalue weighted by molar-refractivity contribution is 5.93. The van der Waals surface area contributed by atoms with E-state index >= 15 is 0 Å². The molecule has 1 fully saturated rings. The zero-order valence-corrected chi connectivity index (χ0v) is 16.1. The lowest BCUT2D eigenvalue weighted by Crippen LogP contribution is -2.33. The standard InChI is InChI=1S/C19H26N4O.ClH/c1-19(2,3)17-10-16(22(4)21-17)18(24)23-11-14(15(20)12-23)13-8-6-5-7-9-13;/h5-10,14-15H,11-12,20H2,1-4H3;1H/t14-,15+;/m0./s1. The van der Waals surface area contributed by atoms with Crippen molar-refractivity contribution in [2.45, 2.75) is 38.1 Å². The number of aryl methyl sites for hydroxylation is 1. The second-order valence-electron chi connectivity index (χ2n) is 7.68. The van der Waals surface area contributed by atoms with Gasteiger partial charge in [-0.25, -0.2) is 0 Å². The van der Waals surface area contributed by atoms with Crippen molar-refractivity contribution >= 4 is 18.3 Å². The molecule has 0 unspecified atom stereocenters. The lowest BCUT2D eigenvalue weighted by atomic mass is 9.92. The Hall–Kier alpha value is -1.85. The van der Waals surface area contributed by atoms with Crippen molar-refractivity contribution in [1.29, 1.82) is 0 Å². The molecule has 25 heavy (non-hydrogen) atoms. The van der Waals surface area contributed by atoms with Crippen LogP contribution in [0.2, 0.25) is 0 Å². The largest absolute Gasteiger partial charge is 0.335 e. The lowest BCUT2D eigenvalue weighted by molar-refractivity contribution is 0.0778. The highest BCUT2D eigenvalue weighted by Crippen LogP contribution is 2.28. The van der Waals surface area contributed by atoms with Crippen LogP contribution in [-0.4, -0.2) is 39.7 Å². The highest BCUT2D eigenvalue weighted by Gasteiger charge is 2.35. The summed E-state index contributed by atoms with van der Waals surface area (Å²) in [7, 11) is 1.83. The van der Waals surface area contributed by atoms with Crippen molar-refractivity contribution < 1.29 is 4.79 Å². The fourth-order valence-electron chi connectivity index (χ4n) is 3.24. The molecule has 0 aliphatic carbocycles. The van der Waals surface area contributed by atoms with Crippen LogP contribution < -0.4 is 5.73 Å². The third-order valence-corrected chi connectivity index (χ3v) is 4.75. The van der Waals surface area contributed by atoms with Crippen molar-refractivity contribution in [3.63, 3.8) is 0 Å². The van der Waals surface area contributed by atoms with E-state index in [1.54, 1.807) is 4.68 Å². The molecule has 2 heterocycles. The van der Waals surface area contributed by atoms with Crippen molar-refractivity contribution in [3.8, 4) is 0 Å². The highest BCUT2D eigenvalue weighted by atomic mass is 35.5. The third-order valence-electron chi connectivity index (χ3n) is 4.75. The van der Waals surface area contributed by atoms with Crippen molar-refractivity contribution in [1.82, 2.24) is 14.7 Å². The normalized spacial score (nSPS) is 20.4. The lowest BCUT2D eigenvalue weighted by Gasteiger charge is -2.16. The van der Waals surface area contributed by atoms with E-state index in [0.29, 0.717) is 18.8 Å². The van der Waals surface area contributed by atoms with Crippen LogP contribution in [0.1, 0.15) is 48.4 Å². The second kappa shape index (κ2) is 7.18. The number of carbonyl (C=O) groups excluding carboxylic acids is 1. The number of halogens is 1. The van der Waals surface area contributed by atoms with E-state index in [2.05, 4.69) is 38.0 Å². The van der Waals surface area contributed by atoms with Crippen LogP contribution in [-0.2, 0) is 12.5 Å². The number of aromatic nitrogens is 2. The van der Waals surface area contributed by atoms with E-state index < -0.39 is 0 Å². The van der Waals surface area contributed by atoms with Gasteiger partial charge >= 0.3 is 0 Å². The Labute approximate surface area is 155 Å². The first-order valence-corrected chi connectivity index (χ1v) is 8.41. The number of amides is 1. The maximum Gasteiger partial charge on any atom is 0.272 e. The molecule has 3 rings (SSSR count). The van der Waals surface area contributed by atoms with Gasteiger partial charge in [0.25, 0.3) is 5.91 Å². The molecule has 0 saturated carbocycles. The number of nitrogens with two attached hydrogens (primary N) is 1. The topological polar surface area (TPSA) is 64.2 Å². The molecule has 1 aliphatic rings. The van der Waals surface area contributed by atoms with Gasteiger partial charge in [-0.2, -0.15) is 5.10 Å². The number of nitrogens with zero attached hydrogens (tertiary/aromatic N) is 3. The van der Waals surface area contributed by atoms with Gasteiger partial charge in [-0.3, -0.25) is 9.48 Å². The molecule has 0 spiro atoms. The summed E-state index contributed by atoms with van der Waals surface area (Å²) in [5.41, 5.74) is 8.98. The predicted molar refractivity (Wildman–Crippen MR) is 102 cm³/mol. The first kappa shape index (κ1) is 19.5. The zero-order chi connectivity index (χ0) is 17.5. The molecular weight excluding hydrogens is 336 g/mol. The average molecular weight is 363 g/mol. The number of carbonyl (C=O) groups is 1. The molecule has 1 amide bonds. The summed E-state index contributed by atoms with van der Waals surface area (Å²) in [6, 6.07) is 12.1. The van der Waals surface area contributed by atoms with Gasteiger partial charge in [0.2, 0.25) is 0 Å². The molecular formula is C19H27ClN4O. The van der Waals surface area contributed by atoms with Crippen LogP contribution in [0.5, 0.6) is 0 Å². The molecule has 2 N–H and O–H groups in total. The number of hydrogen-bond acceptors (Lipinski definition) is 3. The fourth-order valence-corrected chi connectivity index (χ4v) is 3.24. The van der Waals surface area contributed by atoms with Gasteiger partial charge < -0.3 is 10.6 Å². The van der Waals surface area contributed by atoms with Gasteiger partial charge in [0.1, 0.15) is 5.69 Å². The van der Waals surface area contributed by atoms with E-state index in [1.807, 2.05) is 36.2 Å². The average Bonchev–Trinajstić information content (AvgIpc) is 3.10. The number of rotatable bonds is 2. The molecule has 6 heteroatoms. The Morgan fingerprint density at radius 1 is 1.20 bits per heavy atom. The van der Waals surface area contributed by atoms with E-state index in [1.165, 1.54) is 5.56 Å². The predicted octanol–water partition coefficient (Wildman–Crippen LogP) is 2.71. The number of benzene rings is 1. The van der Waals surface area contributed by atoms with Gasteiger partial charge in [-0.1, -0.05) is 51.1 Å². The number of hydrogen-bond donors (Lipinski definition) is 1. The Morgan fingerprint density at radius 3 is 2.40 bits per heavy atom. The summed E-state index contributed by atoms with van der Waals surface area (Å²) in [5.74, 6) is 0.194. The van der Waals surface area contributed by atoms with Crippen LogP contribution in [0.25, 0.3) is 0 Å². The second-order valence-corrected chi connectivity index (χ2v) is 7.68. The maximum absolute atomic E-state index is 12.9. The van der Waals surface area contributed by atoms with Gasteiger partial charge in [0.05, 0.1) is 5.69 Å². The minimum Gasteiger partial charge on any atom is -0.335 e. The van der Waals surface area contributed by atoms with Crippen LogP contribution in [0.15, 0.2) is 36.4 Å². The molecule has 1 aliphatic heterocycles. The first-order valence-electron chi connectivity index (χ1n) is 8.41. The summed E-state index contributed by atoms with van der Waals surface area (Å²) in [4.78, 5) is 14.8. The summed E-state index contributed by atoms with van der Waals surface area (Å²) >= 11 is 0. The van der Waals surface area contributed by atoms with Crippen LogP contribution in [0.3, 0.4) is 0 Å². The van der Waals surface area contributed by atoms with Crippen LogP contribution >= 0.6 is 12.4 Å². The Morgan fingerprint density at radius 2 is 1.84 bits per heavy atom. The van der Waals surface area contributed by atoms with E-state index in [4.69, 9.17) is 5.73 Å². The molecule has 1 aromatic heterocycles. The maximum atomic E-state index is 12.9. The SMILES string of the molecule is Cl.Cn1nc(C(C)(C)C)cc1C(=O)N1C[C@@H](N)[C@H](c2ccccc2)C1. The van der Waals surface area contributed by atoms with Crippen molar-refractivity contribution in [2.75, 3.05) is 13.1 Å². The van der Waals surface area contributed by atoms with Crippen LogP contribution in [0, 0.1) is 0 Å². The van der Waals surface area contributed by atoms with Crippen LogP contribution in [0.4, 0.5) is 0 Å². The Balaban J connectivity index is 0.00000225. The van der Waals surface area contributed by atoms with Gasteiger partial charge in [0.15, 0.2) is 0 Å². The van der Waals surface area contributed by atoms with Gasteiger partial charge in [-0.05, 0) is 11.6 Å². The summed E-state index contributed by atoms with van der Waals surface area (Å²) in [6.45, 7) is 7.52. The Bertz CT molecular complexity index is 736. The van der Waals surface area contributed by atoms with Crippen molar-refractivity contribution in [3.05, 3.63) is 53.3 Å². The van der Waals surface area contributed by atoms with E-state index in [9.17, 15) is 4.79 Å². The molecule has 1 saturated heterocycles. The molecule has 0 bridgehead atoms.